The molecule has 0 atom stereocenters. The summed E-state index contributed by atoms with van der Waals surface area (Å²) in [4.78, 5) is 36.4. The number of H-pyrrole nitrogens is 1. The van der Waals surface area contributed by atoms with Crippen LogP contribution >= 0.6 is 0 Å². The summed E-state index contributed by atoms with van der Waals surface area (Å²) in [6.45, 7) is 0.785. The molecule has 1 aliphatic carbocycles. The van der Waals surface area contributed by atoms with Crippen LogP contribution < -0.4 is 11.0 Å². The molecular weight excluding hydrogens is 382 g/mol. The number of pyridine rings is 2. The monoisotopic (exact) mass is 408 g/mol. The van der Waals surface area contributed by atoms with E-state index in [-0.39, 0.29) is 24.1 Å². The lowest BCUT2D eigenvalue weighted by Crippen LogP contribution is -2.30. The largest absolute Gasteiger partial charge is 0.442 e. The van der Waals surface area contributed by atoms with Gasteiger partial charge in [-0.2, -0.15) is 0 Å². The summed E-state index contributed by atoms with van der Waals surface area (Å²) in [5.74, 6) is 0.381. The van der Waals surface area contributed by atoms with Crippen molar-refractivity contribution in [2.45, 2.75) is 32.2 Å². The second kappa shape index (κ2) is 9.04. The van der Waals surface area contributed by atoms with Crippen LogP contribution in [0.3, 0.4) is 0 Å². The van der Waals surface area contributed by atoms with Gasteiger partial charge in [-0.15, -0.1) is 0 Å². The Morgan fingerprint density at radius 2 is 1.97 bits per heavy atom. The molecule has 1 fully saturated rings. The van der Waals surface area contributed by atoms with Crippen molar-refractivity contribution < 1.29 is 9.90 Å². The molecule has 3 aromatic rings. The Bertz CT molecular complexity index is 1090. The number of imidazole rings is 1. The molecule has 30 heavy (non-hydrogen) atoms. The molecule has 4 N–H and O–H groups in total. The highest BCUT2D eigenvalue weighted by Crippen LogP contribution is 2.31. The molecule has 8 nitrogen and oxygen atoms in total. The molecule has 1 amide bonds. The van der Waals surface area contributed by atoms with Gasteiger partial charge < -0.3 is 15.4 Å². The fourth-order valence-corrected chi connectivity index (χ4v) is 4.03. The van der Waals surface area contributed by atoms with E-state index in [1.807, 2.05) is 12.1 Å². The molecule has 8 heteroatoms. The molecule has 1 saturated carbocycles. The number of hydrogen-bond acceptors (Lipinski definition) is 4. The highest BCUT2D eigenvalue weighted by Gasteiger charge is 2.27. The second-order valence-electron chi connectivity index (χ2n) is 7.70. The molecule has 0 aromatic carbocycles. The third-order valence-corrected chi connectivity index (χ3v) is 5.65. The summed E-state index contributed by atoms with van der Waals surface area (Å²) in [6.07, 6.45) is 10.2. The fourth-order valence-electron chi connectivity index (χ4n) is 4.03. The Balaban J connectivity index is 1.40. The third-order valence-electron chi connectivity index (χ3n) is 5.65. The van der Waals surface area contributed by atoms with Crippen molar-refractivity contribution >= 4 is 28.8 Å². The molecule has 0 bridgehead atoms. The van der Waals surface area contributed by atoms with E-state index in [0.717, 1.165) is 37.1 Å². The predicted octanol–water partition coefficient (Wildman–Crippen LogP) is 2.30. The van der Waals surface area contributed by atoms with E-state index in [4.69, 9.17) is 5.11 Å². The first-order chi connectivity index (χ1) is 14.6. The quantitative estimate of drug-likeness (QED) is 0.609. The number of amides is 1. The van der Waals surface area contributed by atoms with Crippen LogP contribution in [0.15, 0.2) is 47.5 Å². The average molecular weight is 408 g/mol. The van der Waals surface area contributed by atoms with E-state index < -0.39 is 0 Å². The third kappa shape index (κ3) is 4.49. The number of nitrogens with zero attached hydrogens (tertiary/aromatic N) is 3. The van der Waals surface area contributed by atoms with Crippen molar-refractivity contribution in [3.63, 3.8) is 0 Å². The van der Waals surface area contributed by atoms with E-state index in [9.17, 15) is 9.59 Å². The van der Waals surface area contributed by atoms with Crippen LogP contribution in [-0.4, -0.2) is 37.1 Å². The van der Waals surface area contributed by atoms with Gasteiger partial charge in [0, 0.05) is 30.5 Å². The Labute approximate surface area is 173 Å². The number of hydrogen-bond donors (Lipinski definition) is 2. The zero-order valence-corrected chi connectivity index (χ0v) is 16.7. The highest BCUT2D eigenvalue weighted by molar-refractivity contribution is 5.92. The maximum Gasteiger partial charge on any atom is 0.327 e. The lowest BCUT2D eigenvalue weighted by Gasteiger charge is -2.27. The number of aromatic amines is 1. The van der Waals surface area contributed by atoms with E-state index in [0.29, 0.717) is 23.6 Å². The number of fused-ring (bicyclic) bond motifs is 1. The zero-order valence-electron chi connectivity index (χ0n) is 16.7. The first-order valence-electron chi connectivity index (χ1n) is 10.3. The van der Waals surface area contributed by atoms with Gasteiger partial charge in [-0.3, -0.25) is 14.3 Å². The molecule has 156 valence electrons. The first-order valence-corrected chi connectivity index (χ1v) is 10.3. The Kier molecular flexibility index (Phi) is 6.04. The summed E-state index contributed by atoms with van der Waals surface area (Å²) in [6, 6.07) is 7.26. The predicted molar refractivity (Wildman–Crippen MR) is 116 cm³/mol. The number of rotatable bonds is 6. The van der Waals surface area contributed by atoms with Gasteiger partial charge in [0.15, 0.2) is 12.3 Å². The van der Waals surface area contributed by atoms with Gasteiger partial charge in [-0.1, -0.05) is 0 Å². The number of carbonyl (C=O) groups is 1. The van der Waals surface area contributed by atoms with Gasteiger partial charge in [0.05, 0.1) is 11.2 Å². The van der Waals surface area contributed by atoms with Crippen molar-refractivity contribution in [3.8, 4) is 0 Å². The summed E-state index contributed by atoms with van der Waals surface area (Å²) in [5, 5.41) is 10.2. The minimum atomic E-state index is -0.156. The normalized spacial score (nSPS) is 19.4. The smallest absolute Gasteiger partial charge is 0.327 e. The van der Waals surface area contributed by atoms with Crippen LogP contribution in [0.1, 0.15) is 31.4 Å². The van der Waals surface area contributed by atoms with Crippen molar-refractivity contribution in [1.29, 1.82) is 0 Å². The van der Waals surface area contributed by atoms with Gasteiger partial charge in [-0.05, 0) is 68.0 Å². The van der Waals surface area contributed by atoms with Gasteiger partial charge in [0.1, 0.15) is 0 Å². The first kappa shape index (κ1) is 20.0. The van der Waals surface area contributed by atoms with E-state index in [2.05, 4.69) is 20.3 Å². The fraction of sp³-hybridized carbons (Fsp3) is 0.364. The standard InChI is InChI=1S/C22H25N5O3/c28-13-1-2-17-7-8-19-20(24-17)27(22(30)26-19)14-15-3-5-16(6-4-15)21(29)25-18-9-11-23-12-10-18/h1-2,7-12,15-16,28H,3-6,13-14H2,(H,26,30)(H,23,25,29)/p+1/b2-1+. The lowest BCUT2D eigenvalue weighted by molar-refractivity contribution is -0.121. The van der Waals surface area contributed by atoms with Crippen molar-refractivity contribution in [1.82, 2.24) is 19.5 Å². The van der Waals surface area contributed by atoms with Gasteiger partial charge in [0.25, 0.3) is 0 Å². The van der Waals surface area contributed by atoms with E-state index >= 15 is 0 Å². The number of anilines is 1. The molecule has 0 radical (unpaired) electrons. The minimum Gasteiger partial charge on any atom is -0.442 e. The Hall–Kier alpha value is -3.26. The van der Waals surface area contributed by atoms with Crippen molar-refractivity contribution in [3.05, 3.63) is 58.9 Å². The van der Waals surface area contributed by atoms with E-state index in [1.54, 1.807) is 41.2 Å². The van der Waals surface area contributed by atoms with Crippen LogP contribution in [0, 0.1) is 11.8 Å². The van der Waals surface area contributed by atoms with Gasteiger partial charge in [-0.25, -0.2) is 9.78 Å². The molecule has 3 heterocycles. The molecular formula is C22H26N5O3+. The summed E-state index contributed by atoms with van der Waals surface area (Å²) in [7, 11) is 0. The maximum absolute atomic E-state index is 12.5. The number of aromatic nitrogens is 4. The van der Waals surface area contributed by atoms with Crippen molar-refractivity contribution in [2.24, 2.45) is 11.8 Å². The highest BCUT2D eigenvalue weighted by atomic mass is 16.2. The minimum absolute atomic E-state index is 0.00570. The number of carbonyl (C=O) groups excluding carboxylic acids is 1. The Morgan fingerprint density at radius 3 is 2.70 bits per heavy atom. The summed E-state index contributed by atoms with van der Waals surface area (Å²) in [5.41, 5.74) is 2.71. The van der Waals surface area contributed by atoms with Crippen LogP contribution in [0.25, 0.3) is 17.2 Å². The van der Waals surface area contributed by atoms with E-state index in [1.165, 1.54) is 0 Å². The van der Waals surface area contributed by atoms with Gasteiger partial charge in [0.2, 0.25) is 5.91 Å². The van der Waals surface area contributed by atoms with Crippen LogP contribution in [0.2, 0.25) is 0 Å². The maximum atomic E-state index is 12.5. The molecule has 0 saturated heterocycles. The Morgan fingerprint density at radius 1 is 1.20 bits per heavy atom. The number of nitrogens with one attached hydrogen (secondary N) is 2. The average Bonchev–Trinajstić information content (AvgIpc) is 3.08. The molecule has 0 aliphatic heterocycles. The zero-order chi connectivity index (χ0) is 20.9. The summed E-state index contributed by atoms with van der Waals surface area (Å²) < 4.78 is 1.70. The topological polar surface area (TPSA) is 116 Å². The molecule has 3 aromatic heterocycles. The van der Waals surface area contributed by atoms with Gasteiger partial charge >= 0.3 is 5.69 Å². The second-order valence-corrected chi connectivity index (χ2v) is 7.70. The lowest BCUT2D eigenvalue weighted by atomic mass is 9.81. The molecule has 0 unspecified atom stereocenters. The molecule has 1 aliphatic rings. The van der Waals surface area contributed by atoms with Crippen LogP contribution in [0.4, 0.5) is 5.69 Å². The SMILES string of the molecule is O=C(Nc1ccncc1)C1CCC(Cn2c(=O)[nH]c3ccc(/C=C/C[OH2+])nc32)CC1. The molecule has 0 spiro atoms. The van der Waals surface area contributed by atoms with Crippen LogP contribution in [-0.2, 0) is 11.3 Å². The van der Waals surface area contributed by atoms with Crippen molar-refractivity contribution in [2.75, 3.05) is 11.9 Å². The summed E-state index contributed by atoms with van der Waals surface area (Å²) >= 11 is 0. The van der Waals surface area contributed by atoms with Crippen LogP contribution in [0.5, 0.6) is 0 Å². The molecule has 4 rings (SSSR count).